The van der Waals surface area contributed by atoms with Gasteiger partial charge in [0.25, 0.3) is 0 Å². The number of benzene rings is 2. The Labute approximate surface area is 138 Å². The quantitative estimate of drug-likeness (QED) is 0.690. The van der Waals surface area contributed by atoms with Gasteiger partial charge in [0.05, 0.1) is 11.6 Å². The number of nitrogens with zero attached hydrogens (tertiary/aromatic N) is 1. The zero-order valence-corrected chi connectivity index (χ0v) is 12.7. The van der Waals surface area contributed by atoms with E-state index in [0.717, 1.165) is 11.3 Å². The van der Waals surface area contributed by atoms with Crippen molar-refractivity contribution in [3.05, 3.63) is 53.6 Å². The first-order valence-electron chi connectivity index (χ1n) is 7.40. The Morgan fingerprint density at radius 3 is 2.62 bits per heavy atom. The van der Waals surface area contributed by atoms with Crippen LogP contribution in [0.15, 0.2) is 42.5 Å². The maximum Gasteiger partial charge on any atom is 0.349 e. The van der Waals surface area contributed by atoms with E-state index in [2.05, 4.69) is 5.32 Å². The van der Waals surface area contributed by atoms with Crippen molar-refractivity contribution in [1.29, 1.82) is 5.26 Å². The molecule has 120 valence electrons. The van der Waals surface area contributed by atoms with Crippen LogP contribution < -0.4 is 14.8 Å². The van der Waals surface area contributed by atoms with Gasteiger partial charge in [-0.05, 0) is 54.4 Å². The van der Waals surface area contributed by atoms with E-state index in [1.54, 1.807) is 42.5 Å². The standard InChI is InChI=1S/C18H14N2O4/c19-10-12-1-4-14(5-2-12)23-11-18(22)24-15-6-7-16-13(9-15)3-8-17(21)20-16/h1-2,4-7,9H,3,8,11H2,(H,20,21). The number of carbonyl (C=O) groups is 2. The summed E-state index contributed by atoms with van der Waals surface area (Å²) in [6.45, 7) is -0.236. The van der Waals surface area contributed by atoms with Gasteiger partial charge in [-0.1, -0.05) is 0 Å². The molecule has 1 N–H and O–H groups in total. The number of fused-ring (bicyclic) bond motifs is 1. The van der Waals surface area contributed by atoms with E-state index >= 15 is 0 Å². The lowest BCUT2D eigenvalue weighted by molar-refractivity contribution is -0.136. The fourth-order valence-corrected chi connectivity index (χ4v) is 2.35. The van der Waals surface area contributed by atoms with Gasteiger partial charge in [-0.15, -0.1) is 0 Å². The summed E-state index contributed by atoms with van der Waals surface area (Å²) in [7, 11) is 0. The van der Waals surface area contributed by atoms with E-state index < -0.39 is 5.97 Å². The third kappa shape index (κ3) is 3.70. The second-order valence-corrected chi connectivity index (χ2v) is 5.27. The average Bonchev–Trinajstić information content (AvgIpc) is 2.60. The van der Waals surface area contributed by atoms with Gasteiger partial charge in [-0.25, -0.2) is 4.79 Å². The summed E-state index contributed by atoms with van der Waals surface area (Å²) in [4.78, 5) is 23.2. The number of hydrogen-bond acceptors (Lipinski definition) is 5. The first-order valence-corrected chi connectivity index (χ1v) is 7.40. The monoisotopic (exact) mass is 322 g/mol. The summed E-state index contributed by atoms with van der Waals surface area (Å²) in [5, 5.41) is 11.5. The smallest absolute Gasteiger partial charge is 0.349 e. The summed E-state index contributed by atoms with van der Waals surface area (Å²) in [5.74, 6) is 0.361. The maximum absolute atomic E-state index is 11.9. The van der Waals surface area contributed by atoms with Crippen molar-refractivity contribution in [2.24, 2.45) is 0 Å². The number of ether oxygens (including phenoxy) is 2. The van der Waals surface area contributed by atoms with Gasteiger partial charge in [0, 0.05) is 12.1 Å². The third-order valence-corrected chi connectivity index (χ3v) is 3.54. The van der Waals surface area contributed by atoms with E-state index in [4.69, 9.17) is 14.7 Å². The molecule has 0 aromatic heterocycles. The molecule has 2 aromatic carbocycles. The van der Waals surface area contributed by atoms with Crippen LogP contribution in [0.4, 0.5) is 5.69 Å². The van der Waals surface area contributed by atoms with Gasteiger partial charge in [-0.3, -0.25) is 4.79 Å². The molecule has 0 aliphatic carbocycles. The first kappa shape index (κ1) is 15.6. The van der Waals surface area contributed by atoms with Crippen LogP contribution in [-0.2, 0) is 16.0 Å². The van der Waals surface area contributed by atoms with Crippen molar-refractivity contribution in [3.8, 4) is 17.6 Å². The number of amides is 1. The van der Waals surface area contributed by atoms with Gasteiger partial charge < -0.3 is 14.8 Å². The molecule has 6 heteroatoms. The Hall–Kier alpha value is -3.33. The van der Waals surface area contributed by atoms with E-state index in [9.17, 15) is 9.59 Å². The Morgan fingerprint density at radius 1 is 1.12 bits per heavy atom. The SMILES string of the molecule is N#Cc1ccc(OCC(=O)Oc2ccc3c(c2)CCC(=O)N3)cc1. The molecular weight excluding hydrogens is 308 g/mol. The minimum Gasteiger partial charge on any atom is -0.482 e. The lowest BCUT2D eigenvalue weighted by atomic mass is 10.0. The van der Waals surface area contributed by atoms with Crippen molar-refractivity contribution in [2.75, 3.05) is 11.9 Å². The molecule has 1 aliphatic rings. The highest BCUT2D eigenvalue weighted by Gasteiger charge is 2.16. The zero-order valence-electron chi connectivity index (χ0n) is 12.7. The molecule has 0 fully saturated rings. The molecule has 24 heavy (non-hydrogen) atoms. The Kier molecular flexibility index (Phi) is 4.43. The van der Waals surface area contributed by atoms with E-state index in [0.29, 0.717) is 29.9 Å². The van der Waals surface area contributed by atoms with Gasteiger partial charge >= 0.3 is 5.97 Å². The van der Waals surface area contributed by atoms with Crippen LogP contribution in [0.2, 0.25) is 0 Å². The molecular formula is C18H14N2O4. The van der Waals surface area contributed by atoms with E-state index in [-0.39, 0.29) is 12.5 Å². The number of esters is 1. The second kappa shape index (κ2) is 6.84. The van der Waals surface area contributed by atoms with Crippen molar-refractivity contribution >= 4 is 17.6 Å². The molecule has 0 saturated heterocycles. The number of anilines is 1. The largest absolute Gasteiger partial charge is 0.482 e. The zero-order chi connectivity index (χ0) is 16.9. The van der Waals surface area contributed by atoms with Gasteiger partial charge in [0.2, 0.25) is 5.91 Å². The van der Waals surface area contributed by atoms with Crippen LogP contribution in [0.5, 0.6) is 11.5 Å². The molecule has 1 amide bonds. The van der Waals surface area contributed by atoms with Crippen LogP contribution in [0.25, 0.3) is 0 Å². The number of carbonyl (C=O) groups excluding carboxylic acids is 2. The highest BCUT2D eigenvalue weighted by atomic mass is 16.6. The number of hydrogen-bond donors (Lipinski definition) is 1. The van der Waals surface area contributed by atoms with Crippen molar-refractivity contribution in [1.82, 2.24) is 0 Å². The second-order valence-electron chi connectivity index (χ2n) is 5.27. The number of rotatable bonds is 4. The van der Waals surface area contributed by atoms with Crippen LogP contribution in [0, 0.1) is 11.3 Å². The fraction of sp³-hybridized carbons (Fsp3) is 0.167. The fourth-order valence-electron chi connectivity index (χ4n) is 2.35. The molecule has 0 radical (unpaired) electrons. The summed E-state index contributed by atoms with van der Waals surface area (Å²) in [6.07, 6.45) is 1.04. The summed E-state index contributed by atoms with van der Waals surface area (Å²) in [5.41, 5.74) is 2.21. The van der Waals surface area contributed by atoms with Crippen LogP contribution in [0.1, 0.15) is 17.5 Å². The average molecular weight is 322 g/mol. The minimum atomic E-state index is -0.529. The Bertz CT molecular complexity index is 822. The molecule has 2 aromatic rings. The van der Waals surface area contributed by atoms with Gasteiger partial charge in [0.15, 0.2) is 6.61 Å². The lowest BCUT2D eigenvalue weighted by Crippen LogP contribution is -2.20. The normalized spacial score (nSPS) is 12.5. The number of aryl methyl sites for hydroxylation is 1. The van der Waals surface area contributed by atoms with Gasteiger partial charge in [0.1, 0.15) is 11.5 Å². The topological polar surface area (TPSA) is 88.4 Å². The maximum atomic E-state index is 11.9. The summed E-state index contributed by atoms with van der Waals surface area (Å²) >= 11 is 0. The minimum absolute atomic E-state index is 0.0111. The summed E-state index contributed by atoms with van der Waals surface area (Å²) < 4.78 is 10.6. The van der Waals surface area contributed by atoms with E-state index in [1.807, 2.05) is 6.07 Å². The van der Waals surface area contributed by atoms with Gasteiger partial charge in [-0.2, -0.15) is 5.26 Å². The number of nitrogens with one attached hydrogen (secondary N) is 1. The molecule has 0 atom stereocenters. The highest BCUT2D eigenvalue weighted by molar-refractivity contribution is 5.94. The van der Waals surface area contributed by atoms with Crippen LogP contribution in [-0.4, -0.2) is 18.5 Å². The predicted molar refractivity (Wildman–Crippen MR) is 85.7 cm³/mol. The molecule has 0 unspecified atom stereocenters. The number of nitriles is 1. The summed E-state index contributed by atoms with van der Waals surface area (Å²) in [6, 6.07) is 13.6. The molecule has 0 saturated carbocycles. The molecule has 3 rings (SSSR count). The molecule has 6 nitrogen and oxygen atoms in total. The van der Waals surface area contributed by atoms with Crippen LogP contribution in [0.3, 0.4) is 0 Å². The molecule has 1 heterocycles. The Morgan fingerprint density at radius 2 is 1.88 bits per heavy atom. The van der Waals surface area contributed by atoms with Crippen LogP contribution >= 0.6 is 0 Å². The molecule has 0 spiro atoms. The predicted octanol–water partition coefficient (Wildman–Crippen LogP) is 2.43. The first-order chi connectivity index (χ1) is 11.6. The third-order valence-electron chi connectivity index (χ3n) is 3.54. The van der Waals surface area contributed by atoms with Crippen molar-refractivity contribution < 1.29 is 19.1 Å². The lowest BCUT2D eigenvalue weighted by Gasteiger charge is -2.17. The molecule has 1 aliphatic heterocycles. The van der Waals surface area contributed by atoms with Crippen molar-refractivity contribution in [2.45, 2.75) is 12.8 Å². The Balaban J connectivity index is 1.57. The molecule has 0 bridgehead atoms. The highest BCUT2D eigenvalue weighted by Crippen LogP contribution is 2.26. The van der Waals surface area contributed by atoms with E-state index in [1.165, 1.54) is 0 Å². The van der Waals surface area contributed by atoms with Crippen molar-refractivity contribution in [3.63, 3.8) is 0 Å².